The van der Waals surface area contributed by atoms with Crippen molar-refractivity contribution in [2.24, 2.45) is 0 Å². The number of nitrogens with zero attached hydrogens (tertiary/aromatic N) is 3. The summed E-state index contributed by atoms with van der Waals surface area (Å²) in [5.41, 5.74) is 4.28. The largest absolute Gasteiger partial charge is 0.492 e. The Hall–Kier alpha value is -4.32. The highest BCUT2D eigenvalue weighted by Crippen LogP contribution is 2.27. The zero-order valence-corrected chi connectivity index (χ0v) is 20.7. The van der Waals surface area contributed by atoms with Gasteiger partial charge in [-0.05, 0) is 48.4 Å². The van der Waals surface area contributed by atoms with Crippen LogP contribution in [0.4, 0.5) is 5.82 Å². The number of anilines is 1. The van der Waals surface area contributed by atoms with Crippen molar-refractivity contribution >= 4 is 17.9 Å². The van der Waals surface area contributed by atoms with Crippen LogP contribution in [0.25, 0.3) is 17.2 Å². The number of rotatable bonds is 11. The van der Waals surface area contributed by atoms with Crippen molar-refractivity contribution in [3.8, 4) is 16.9 Å². The van der Waals surface area contributed by atoms with Gasteiger partial charge in [0.2, 0.25) is 0 Å². The van der Waals surface area contributed by atoms with Gasteiger partial charge in [-0.15, -0.1) is 0 Å². The highest BCUT2D eigenvalue weighted by molar-refractivity contribution is 5.89. The fraction of sp³-hybridized carbons (Fsp3) is 0.200. The highest BCUT2D eigenvalue weighted by Gasteiger charge is 2.09. The Kier molecular flexibility index (Phi) is 8.54. The second kappa shape index (κ2) is 12.4. The lowest BCUT2D eigenvalue weighted by Gasteiger charge is -2.18. The lowest BCUT2D eigenvalue weighted by molar-refractivity contribution is -0.137. The molecule has 2 aromatic heterocycles. The fourth-order valence-corrected chi connectivity index (χ4v) is 3.85. The van der Waals surface area contributed by atoms with Crippen LogP contribution in [0.2, 0.25) is 0 Å². The second-order valence-electron chi connectivity index (χ2n) is 8.35. The topological polar surface area (TPSA) is 56.6 Å². The maximum atomic E-state index is 11.8. The molecule has 6 heteroatoms. The Labute approximate surface area is 212 Å². The maximum Gasteiger partial charge on any atom is 0.330 e. The molecule has 0 aliphatic heterocycles. The van der Waals surface area contributed by atoms with Gasteiger partial charge in [0.1, 0.15) is 18.2 Å². The van der Waals surface area contributed by atoms with E-state index in [0.717, 1.165) is 40.4 Å². The number of esters is 1. The van der Waals surface area contributed by atoms with Gasteiger partial charge >= 0.3 is 5.97 Å². The third kappa shape index (κ3) is 6.85. The molecule has 0 fully saturated rings. The summed E-state index contributed by atoms with van der Waals surface area (Å²) in [7, 11) is 2.01. The second-order valence-corrected chi connectivity index (χ2v) is 8.35. The molecule has 0 atom stereocenters. The first kappa shape index (κ1) is 24.8. The van der Waals surface area contributed by atoms with Gasteiger partial charge in [-0.3, -0.25) is 0 Å². The van der Waals surface area contributed by atoms with Crippen LogP contribution in [0.15, 0.2) is 97.5 Å². The predicted octanol–water partition coefficient (Wildman–Crippen LogP) is 5.69. The summed E-state index contributed by atoms with van der Waals surface area (Å²) < 4.78 is 13.1. The molecule has 4 rings (SSSR count). The molecular formula is C30H31N3O3. The Morgan fingerprint density at radius 2 is 1.78 bits per heavy atom. The van der Waals surface area contributed by atoms with Crippen LogP contribution in [-0.4, -0.2) is 42.3 Å². The highest BCUT2D eigenvalue weighted by atomic mass is 16.5. The molecule has 2 aromatic carbocycles. The average molecular weight is 482 g/mol. The molecule has 0 saturated carbocycles. The van der Waals surface area contributed by atoms with Gasteiger partial charge in [0.25, 0.3) is 0 Å². The summed E-state index contributed by atoms with van der Waals surface area (Å²) in [5, 5.41) is 0. The van der Waals surface area contributed by atoms with Crippen molar-refractivity contribution in [1.82, 2.24) is 9.55 Å². The van der Waals surface area contributed by atoms with E-state index in [4.69, 9.17) is 9.47 Å². The number of hydrogen-bond acceptors (Lipinski definition) is 5. The molecular weight excluding hydrogens is 450 g/mol. The van der Waals surface area contributed by atoms with Crippen molar-refractivity contribution in [2.45, 2.75) is 13.5 Å². The minimum absolute atomic E-state index is 0.342. The first-order chi connectivity index (χ1) is 17.6. The van der Waals surface area contributed by atoms with E-state index in [2.05, 4.69) is 51.1 Å². The minimum Gasteiger partial charge on any atom is -0.492 e. The van der Waals surface area contributed by atoms with E-state index in [1.54, 1.807) is 13.1 Å². The number of pyridine rings is 1. The molecule has 0 N–H and O–H groups in total. The first-order valence-electron chi connectivity index (χ1n) is 12.1. The van der Waals surface area contributed by atoms with E-state index in [-0.39, 0.29) is 5.97 Å². The molecule has 2 heterocycles. The monoisotopic (exact) mass is 481 g/mol. The van der Waals surface area contributed by atoms with Crippen molar-refractivity contribution < 1.29 is 14.3 Å². The van der Waals surface area contributed by atoms with Crippen molar-refractivity contribution in [3.63, 3.8) is 0 Å². The molecule has 6 nitrogen and oxygen atoms in total. The number of likely N-dealkylation sites (N-methyl/N-ethyl adjacent to an activating group) is 1. The molecule has 0 saturated heterocycles. The predicted molar refractivity (Wildman–Crippen MR) is 144 cm³/mol. The lowest BCUT2D eigenvalue weighted by Crippen LogP contribution is -2.24. The summed E-state index contributed by atoms with van der Waals surface area (Å²) in [6, 6.07) is 24.2. The lowest BCUT2D eigenvalue weighted by atomic mass is 10.0. The summed E-state index contributed by atoms with van der Waals surface area (Å²) in [6.07, 6.45) is 9.25. The number of benzene rings is 2. The Morgan fingerprint density at radius 1 is 1.00 bits per heavy atom. The molecule has 0 spiro atoms. The Morgan fingerprint density at radius 3 is 2.50 bits per heavy atom. The van der Waals surface area contributed by atoms with Gasteiger partial charge in [0.15, 0.2) is 0 Å². The quantitative estimate of drug-likeness (QED) is 0.203. The van der Waals surface area contributed by atoms with E-state index in [9.17, 15) is 4.79 Å². The molecule has 0 bridgehead atoms. The molecule has 0 radical (unpaired) electrons. The summed E-state index contributed by atoms with van der Waals surface area (Å²) in [5.74, 6) is 1.42. The average Bonchev–Trinajstić information content (AvgIpc) is 3.32. The summed E-state index contributed by atoms with van der Waals surface area (Å²) in [6.45, 7) is 4.17. The SMILES string of the molecule is CCOC(=O)/C=C/c1cn(Cc2ccc(OCCN(C)c3ccccn3)cc2)cc1-c1ccccc1. The van der Waals surface area contributed by atoms with Crippen molar-refractivity contribution in [3.05, 3.63) is 109 Å². The van der Waals surface area contributed by atoms with Gasteiger partial charge in [-0.2, -0.15) is 0 Å². The van der Waals surface area contributed by atoms with E-state index in [0.29, 0.717) is 19.8 Å². The zero-order valence-electron chi connectivity index (χ0n) is 20.7. The van der Waals surface area contributed by atoms with Crippen LogP contribution in [0, 0.1) is 0 Å². The number of aromatic nitrogens is 2. The zero-order chi connectivity index (χ0) is 25.2. The van der Waals surface area contributed by atoms with Gasteiger partial charge in [0, 0.05) is 49.4 Å². The van der Waals surface area contributed by atoms with Crippen molar-refractivity contribution in [2.75, 3.05) is 31.7 Å². The molecule has 4 aromatic rings. The number of hydrogen-bond donors (Lipinski definition) is 0. The molecule has 0 amide bonds. The van der Waals surface area contributed by atoms with Gasteiger partial charge in [-0.1, -0.05) is 48.5 Å². The molecule has 36 heavy (non-hydrogen) atoms. The van der Waals surface area contributed by atoms with Gasteiger partial charge < -0.3 is 18.9 Å². The smallest absolute Gasteiger partial charge is 0.330 e. The number of carbonyl (C=O) groups excluding carboxylic acids is 1. The van der Waals surface area contributed by atoms with E-state index in [1.807, 2.05) is 61.7 Å². The maximum absolute atomic E-state index is 11.8. The standard InChI is InChI=1S/C30H31N3O3/c1-3-35-30(34)17-14-26-22-33(23-28(26)25-9-5-4-6-10-25)21-24-12-15-27(16-13-24)36-20-19-32(2)29-11-7-8-18-31-29/h4-18,22-23H,3,19-21H2,1-2H3/b17-14+. The third-order valence-corrected chi connectivity index (χ3v) is 5.71. The third-order valence-electron chi connectivity index (χ3n) is 5.71. The number of carbonyl (C=O) groups is 1. The molecule has 0 aliphatic rings. The van der Waals surface area contributed by atoms with Gasteiger partial charge in [-0.25, -0.2) is 9.78 Å². The van der Waals surface area contributed by atoms with Crippen LogP contribution < -0.4 is 9.64 Å². The first-order valence-corrected chi connectivity index (χ1v) is 12.1. The van der Waals surface area contributed by atoms with Crippen LogP contribution in [0.5, 0.6) is 5.75 Å². The van der Waals surface area contributed by atoms with Crippen LogP contribution in [0.3, 0.4) is 0 Å². The Balaban J connectivity index is 1.40. The van der Waals surface area contributed by atoms with Crippen LogP contribution in [0.1, 0.15) is 18.1 Å². The Bertz CT molecular complexity index is 1270. The van der Waals surface area contributed by atoms with Crippen molar-refractivity contribution in [1.29, 1.82) is 0 Å². The molecule has 0 unspecified atom stereocenters. The molecule has 0 aliphatic carbocycles. The molecule has 184 valence electrons. The van der Waals surface area contributed by atoms with E-state index < -0.39 is 0 Å². The van der Waals surface area contributed by atoms with Crippen LogP contribution >= 0.6 is 0 Å². The minimum atomic E-state index is -0.342. The summed E-state index contributed by atoms with van der Waals surface area (Å²) in [4.78, 5) is 18.3. The number of ether oxygens (including phenoxy) is 2. The summed E-state index contributed by atoms with van der Waals surface area (Å²) >= 11 is 0. The van der Waals surface area contributed by atoms with Crippen LogP contribution in [-0.2, 0) is 16.1 Å². The fourth-order valence-electron chi connectivity index (χ4n) is 3.85. The van der Waals surface area contributed by atoms with Gasteiger partial charge in [0.05, 0.1) is 13.2 Å². The normalized spacial score (nSPS) is 10.9. The van der Waals surface area contributed by atoms with E-state index in [1.165, 1.54) is 6.08 Å². The van der Waals surface area contributed by atoms with E-state index >= 15 is 0 Å².